The van der Waals surface area contributed by atoms with Crippen molar-refractivity contribution >= 4 is 10.0 Å². The van der Waals surface area contributed by atoms with Crippen molar-refractivity contribution in [3.05, 3.63) is 24.6 Å². The standard InChI is InChI=1S/C10H16N6O3S/c11-3-1-5-16-7-9(6-13-16)20(17,18)14-4-2-10-12-8-19-15-10/h6-8,14H,1-5,11H2. The average molecular weight is 300 g/mol. The average Bonchev–Trinajstić information content (AvgIpc) is 3.07. The summed E-state index contributed by atoms with van der Waals surface area (Å²) < 4.78 is 32.6. The Morgan fingerprint density at radius 3 is 3.00 bits per heavy atom. The number of nitrogens with zero attached hydrogens (tertiary/aromatic N) is 4. The molecule has 0 fully saturated rings. The highest BCUT2D eigenvalue weighted by Crippen LogP contribution is 2.07. The van der Waals surface area contributed by atoms with Crippen LogP contribution in [-0.2, 0) is 23.0 Å². The van der Waals surface area contributed by atoms with Gasteiger partial charge in [-0.05, 0) is 13.0 Å². The van der Waals surface area contributed by atoms with Gasteiger partial charge in [-0.3, -0.25) is 4.68 Å². The van der Waals surface area contributed by atoms with Gasteiger partial charge >= 0.3 is 0 Å². The Bertz CT molecular complexity index is 621. The lowest BCUT2D eigenvalue weighted by Crippen LogP contribution is -2.26. The smallest absolute Gasteiger partial charge is 0.243 e. The molecule has 0 atom stereocenters. The highest BCUT2D eigenvalue weighted by molar-refractivity contribution is 7.89. The van der Waals surface area contributed by atoms with E-state index < -0.39 is 10.0 Å². The summed E-state index contributed by atoms with van der Waals surface area (Å²) in [7, 11) is -3.57. The second-order valence-corrected chi connectivity index (χ2v) is 5.84. The Morgan fingerprint density at radius 1 is 1.45 bits per heavy atom. The van der Waals surface area contributed by atoms with Crippen molar-refractivity contribution in [2.45, 2.75) is 24.3 Å². The second-order valence-electron chi connectivity index (χ2n) is 4.08. The zero-order chi connectivity index (χ0) is 14.4. The van der Waals surface area contributed by atoms with Gasteiger partial charge in [0.1, 0.15) is 4.90 Å². The van der Waals surface area contributed by atoms with Crippen molar-refractivity contribution in [3.63, 3.8) is 0 Å². The molecule has 2 rings (SSSR count). The fourth-order valence-corrected chi connectivity index (χ4v) is 2.53. The first kappa shape index (κ1) is 14.6. The van der Waals surface area contributed by atoms with Crippen LogP contribution in [0.25, 0.3) is 0 Å². The highest BCUT2D eigenvalue weighted by Gasteiger charge is 2.16. The zero-order valence-corrected chi connectivity index (χ0v) is 11.6. The zero-order valence-electron chi connectivity index (χ0n) is 10.8. The molecule has 0 unspecified atom stereocenters. The minimum atomic E-state index is -3.57. The number of hydrogen-bond acceptors (Lipinski definition) is 7. The monoisotopic (exact) mass is 300 g/mol. The summed E-state index contributed by atoms with van der Waals surface area (Å²) in [6, 6.07) is 0. The maximum Gasteiger partial charge on any atom is 0.243 e. The van der Waals surface area contributed by atoms with Crippen molar-refractivity contribution in [1.82, 2.24) is 24.6 Å². The van der Waals surface area contributed by atoms with Gasteiger partial charge in [-0.2, -0.15) is 10.1 Å². The fraction of sp³-hybridized carbons (Fsp3) is 0.500. The van der Waals surface area contributed by atoms with Crippen LogP contribution in [0.15, 0.2) is 28.2 Å². The molecule has 0 aromatic carbocycles. The Morgan fingerprint density at radius 2 is 2.30 bits per heavy atom. The van der Waals surface area contributed by atoms with Crippen LogP contribution in [0.5, 0.6) is 0 Å². The van der Waals surface area contributed by atoms with Gasteiger partial charge in [-0.25, -0.2) is 13.1 Å². The maximum atomic E-state index is 12.0. The summed E-state index contributed by atoms with van der Waals surface area (Å²) in [6.07, 6.45) is 5.09. The fourth-order valence-electron chi connectivity index (χ4n) is 1.54. The summed E-state index contributed by atoms with van der Waals surface area (Å²) in [5, 5.41) is 7.58. The molecule has 0 saturated carbocycles. The van der Waals surface area contributed by atoms with Crippen LogP contribution in [0.3, 0.4) is 0 Å². The van der Waals surface area contributed by atoms with E-state index in [1.54, 1.807) is 4.68 Å². The molecule has 2 aromatic heterocycles. The van der Waals surface area contributed by atoms with Gasteiger partial charge < -0.3 is 10.3 Å². The third kappa shape index (κ3) is 3.85. The lowest BCUT2D eigenvalue weighted by atomic mass is 10.4. The molecule has 10 heteroatoms. The summed E-state index contributed by atoms with van der Waals surface area (Å²) in [5.41, 5.74) is 5.39. The second kappa shape index (κ2) is 6.59. The van der Waals surface area contributed by atoms with Crippen LogP contribution in [-0.4, -0.2) is 41.4 Å². The van der Waals surface area contributed by atoms with E-state index in [-0.39, 0.29) is 11.4 Å². The molecule has 2 heterocycles. The predicted molar refractivity (Wildman–Crippen MR) is 69.1 cm³/mol. The molecule has 0 aliphatic heterocycles. The Balaban J connectivity index is 1.90. The van der Waals surface area contributed by atoms with Crippen LogP contribution >= 0.6 is 0 Å². The molecular formula is C10H16N6O3S. The molecule has 0 radical (unpaired) electrons. The van der Waals surface area contributed by atoms with Crippen molar-refractivity contribution in [3.8, 4) is 0 Å². The van der Waals surface area contributed by atoms with Gasteiger partial charge in [0.25, 0.3) is 0 Å². The molecule has 110 valence electrons. The first-order valence-electron chi connectivity index (χ1n) is 6.09. The lowest BCUT2D eigenvalue weighted by molar-refractivity contribution is 0.410. The van der Waals surface area contributed by atoms with Crippen molar-refractivity contribution in [2.75, 3.05) is 13.1 Å². The van der Waals surface area contributed by atoms with Gasteiger partial charge in [0.2, 0.25) is 16.4 Å². The molecule has 0 aliphatic rings. The molecule has 2 aromatic rings. The first-order chi connectivity index (χ1) is 9.62. The molecule has 0 aliphatic carbocycles. The normalized spacial score (nSPS) is 11.8. The first-order valence-corrected chi connectivity index (χ1v) is 7.57. The molecule has 3 N–H and O–H groups in total. The van der Waals surface area contributed by atoms with Crippen LogP contribution < -0.4 is 10.5 Å². The minimum Gasteiger partial charge on any atom is -0.343 e. The topological polar surface area (TPSA) is 129 Å². The van der Waals surface area contributed by atoms with Crippen LogP contribution in [0.2, 0.25) is 0 Å². The molecule has 20 heavy (non-hydrogen) atoms. The van der Waals surface area contributed by atoms with E-state index in [0.29, 0.717) is 25.3 Å². The van der Waals surface area contributed by atoms with E-state index in [9.17, 15) is 8.42 Å². The third-order valence-electron chi connectivity index (χ3n) is 2.56. The van der Waals surface area contributed by atoms with E-state index in [1.165, 1.54) is 18.8 Å². The number of rotatable bonds is 8. The largest absolute Gasteiger partial charge is 0.343 e. The Labute approximate surface area is 116 Å². The van der Waals surface area contributed by atoms with Gasteiger partial charge in [-0.15, -0.1) is 0 Å². The van der Waals surface area contributed by atoms with Crippen LogP contribution in [0, 0.1) is 0 Å². The third-order valence-corrected chi connectivity index (χ3v) is 3.97. The van der Waals surface area contributed by atoms with Crippen LogP contribution in [0.4, 0.5) is 0 Å². The van der Waals surface area contributed by atoms with E-state index >= 15 is 0 Å². The number of aryl methyl sites for hydroxylation is 1. The number of sulfonamides is 1. The van der Waals surface area contributed by atoms with Crippen molar-refractivity contribution in [1.29, 1.82) is 0 Å². The van der Waals surface area contributed by atoms with Crippen LogP contribution in [0.1, 0.15) is 12.2 Å². The molecule has 0 bridgehead atoms. The maximum absolute atomic E-state index is 12.0. The molecule has 0 amide bonds. The Hall–Kier alpha value is -1.78. The van der Waals surface area contributed by atoms with Gasteiger partial charge in [0.05, 0.1) is 6.20 Å². The van der Waals surface area contributed by atoms with E-state index in [0.717, 1.165) is 6.42 Å². The van der Waals surface area contributed by atoms with Gasteiger partial charge in [-0.1, -0.05) is 5.16 Å². The number of nitrogens with two attached hydrogens (primary N) is 1. The minimum absolute atomic E-state index is 0.127. The summed E-state index contributed by atoms with van der Waals surface area (Å²) in [5.74, 6) is 0.450. The van der Waals surface area contributed by atoms with Crippen molar-refractivity contribution < 1.29 is 12.9 Å². The molecular weight excluding hydrogens is 284 g/mol. The van der Waals surface area contributed by atoms with Gasteiger partial charge in [0.15, 0.2) is 5.82 Å². The van der Waals surface area contributed by atoms with Crippen molar-refractivity contribution in [2.24, 2.45) is 5.73 Å². The van der Waals surface area contributed by atoms with E-state index in [1.807, 2.05) is 0 Å². The molecule has 9 nitrogen and oxygen atoms in total. The Kier molecular flexibility index (Phi) is 4.82. The number of hydrogen-bond donors (Lipinski definition) is 2. The van der Waals surface area contributed by atoms with Gasteiger partial charge in [0, 0.05) is 25.7 Å². The number of nitrogens with one attached hydrogen (secondary N) is 1. The molecule has 0 spiro atoms. The lowest BCUT2D eigenvalue weighted by Gasteiger charge is -2.02. The summed E-state index contributed by atoms with van der Waals surface area (Å²) >= 11 is 0. The number of aromatic nitrogens is 4. The summed E-state index contributed by atoms with van der Waals surface area (Å²) in [6.45, 7) is 1.32. The highest BCUT2D eigenvalue weighted by atomic mass is 32.2. The predicted octanol–water partition coefficient (Wildman–Crippen LogP) is -0.864. The van der Waals surface area contributed by atoms with E-state index in [2.05, 4.69) is 24.5 Å². The SMILES string of the molecule is NCCCn1cc(S(=O)(=O)NCCc2ncon2)cn1. The summed E-state index contributed by atoms with van der Waals surface area (Å²) in [4.78, 5) is 3.93. The van der Waals surface area contributed by atoms with E-state index in [4.69, 9.17) is 5.73 Å². The molecule has 0 saturated heterocycles. The quantitative estimate of drug-likeness (QED) is 0.648.